The Hall–Kier alpha value is -1.98. The normalized spacial score (nSPS) is 14.3. The predicted octanol–water partition coefficient (Wildman–Crippen LogP) is 3.71. The Labute approximate surface area is 133 Å². The number of rotatable bonds is 4. The molecule has 5 heteroatoms. The van der Waals surface area contributed by atoms with Crippen molar-refractivity contribution in [2.45, 2.75) is 13.0 Å². The van der Waals surface area contributed by atoms with Crippen molar-refractivity contribution in [2.75, 3.05) is 25.1 Å². The molecule has 1 aromatic carbocycles. The Bertz CT molecular complexity index is 796. The summed E-state index contributed by atoms with van der Waals surface area (Å²) in [5.41, 5.74) is 2.45. The summed E-state index contributed by atoms with van der Waals surface area (Å²) in [6, 6.07) is 10.5. The van der Waals surface area contributed by atoms with Gasteiger partial charge < -0.3 is 9.64 Å². The van der Waals surface area contributed by atoms with Gasteiger partial charge in [-0.25, -0.2) is 9.97 Å². The second kappa shape index (κ2) is 5.66. The average Bonchev–Trinajstić information content (AvgIpc) is 2.91. The third-order valence-electron chi connectivity index (χ3n) is 3.97. The first-order valence-electron chi connectivity index (χ1n) is 7.44. The maximum atomic E-state index is 5.22. The first kappa shape index (κ1) is 13.7. The Morgan fingerprint density at radius 3 is 2.68 bits per heavy atom. The molecule has 0 unspecified atom stereocenters. The molecule has 112 valence electrons. The molecule has 1 aliphatic rings. The SMILES string of the molecule is COCc1nc(N2CCC2)c2c(-c3ccccc3)csc2n1. The molecule has 3 heterocycles. The topological polar surface area (TPSA) is 38.2 Å². The molecule has 1 saturated heterocycles. The van der Waals surface area contributed by atoms with Crippen LogP contribution in [-0.4, -0.2) is 30.2 Å². The van der Waals surface area contributed by atoms with Crippen molar-refractivity contribution in [3.05, 3.63) is 41.5 Å². The van der Waals surface area contributed by atoms with E-state index in [1.807, 2.05) is 6.07 Å². The lowest BCUT2D eigenvalue weighted by atomic mass is 10.1. The van der Waals surface area contributed by atoms with E-state index in [1.165, 1.54) is 22.9 Å². The minimum Gasteiger partial charge on any atom is -0.377 e. The third-order valence-corrected chi connectivity index (χ3v) is 4.85. The molecule has 0 bridgehead atoms. The molecule has 0 saturated carbocycles. The van der Waals surface area contributed by atoms with Crippen LogP contribution in [0.1, 0.15) is 12.2 Å². The van der Waals surface area contributed by atoms with Crippen LogP contribution >= 0.6 is 11.3 Å². The highest BCUT2D eigenvalue weighted by molar-refractivity contribution is 7.17. The summed E-state index contributed by atoms with van der Waals surface area (Å²) < 4.78 is 5.22. The zero-order valence-electron chi connectivity index (χ0n) is 12.5. The Balaban J connectivity index is 1.92. The van der Waals surface area contributed by atoms with Gasteiger partial charge in [0.05, 0.1) is 5.39 Å². The van der Waals surface area contributed by atoms with E-state index in [-0.39, 0.29) is 0 Å². The van der Waals surface area contributed by atoms with Gasteiger partial charge in [0.2, 0.25) is 0 Å². The predicted molar refractivity (Wildman–Crippen MR) is 90.4 cm³/mol. The monoisotopic (exact) mass is 311 g/mol. The summed E-state index contributed by atoms with van der Waals surface area (Å²) in [5, 5.41) is 3.37. The molecule has 0 amide bonds. The van der Waals surface area contributed by atoms with E-state index in [1.54, 1.807) is 18.4 Å². The average molecular weight is 311 g/mol. The first-order valence-corrected chi connectivity index (χ1v) is 8.32. The summed E-state index contributed by atoms with van der Waals surface area (Å²) >= 11 is 1.68. The Morgan fingerprint density at radius 1 is 1.18 bits per heavy atom. The molecule has 4 rings (SSSR count). The van der Waals surface area contributed by atoms with E-state index in [9.17, 15) is 0 Å². The van der Waals surface area contributed by atoms with Crippen molar-refractivity contribution in [3.63, 3.8) is 0 Å². The quantitative estimate of drug-likeness (QED) is 0.736. The van der Waals surface area contributed by atoms with E-state index in [2.05, 4.69) is 39.5 Å². The van der Waals surface area contributed by atoms with Crippen LogP contribution < -0.4 is 4.90 Å². The molecule has 0 radical (unpaired) electrons. The van der Waals surface area contributed by atoms with Crippen molar-refractivity contribution in [1.29, 1.82) is 0 Å². The molecule has 0 aliphatic carbocycles. The van der Waals surface area contributed by atoms with Crippen LogP contribution in [0, 0.1) is 0 Å². The molecule has 0 N–H and O–H groups in total. The minimum atomic E-state index is 0.454. The molecule has 1 aliphatic heterocycles. The Kier molecular flexibility index (Phi) is 3.52. The van der Waals surface area contributed by atoms with Crippen molar-refractivity contribution in [1.82, 2.24) is 9.97 Å². The highest BCUT2D eigenvalue weighted by Crippen LogP contribution is 2.39. The highest BCUT2D eigenvalue weighted by atomic mass is 32.1. The number of hydrogen-bond donors (Lipinski definition) is 0. The van der Waals surface area contributed by atoms with Crippen LogP contribution in [0.3, 0.4) is 0 Å². The van der Waals surface area contributed by atoms with E-state index in [0.717, 1.165) is 29.6 Å². The number of benzene rings is 1. The van der Waals surface area contributed by atoms with E-state index < -0.39 is 0 Å². The number of thiophene rings is 1. The highest BCUT2D eigenvalue weighted by Gasteiger charge is 2.23. The summed E-state index contributed by atoms with van der Waals surface area (Å²) in [4.78, 5) is 12.8. The zero-order chi connectivity index (χ0) is 14.9. The summed E-state index contributed by atoms with van der Waals surface area (Å²) in [6.45, 7) is 2.60. The van der Waals surface area contributed by atoms with Gasteiger partial charge in [-0.2, -0.15) is 0 Å². The summed E-state index contributed by atoms with van der Waals surface area (Å²) in [7, 11) is 1.68. The second-order valence-electron chi connectivity index (χ2n) is 5.43. The van der Waals surface area contributed by atoms with Crippen LogP contribution in [0.15, 0.2) is 35.7 Å². The van der Waals surface area contributed by atoms with Gasteiger partial charge in [-0.15, -0.1) is 11.3 Å². The van der Waals surface area contributed by atoms with Crippen LogP contribution in [0.2, 0.25) is 0 Å². The van der Waals surface area contributed by atoms with Gasteiger partial charge in [-0.05, 0) is 12.0 Å². The maximum Gasteiger partial charge on any atom is 0.158 e. The lowest BCUT2D eigenvalue weighted by molar-refractivity contribution is 0.178. The number of anilines is 1. The smallest absolute Gasteiger partial charge is 0.158 e. The van der Waals surface area contributed by atoms with E-state index in [0.29, 0.717) is 6.61 Å². The lowest BCUT2D eigenvalue weighted by Gasteiger charge is -2.32. The van der Waals surface area contributed by atoms with Gasteiger partial charge >= 0.3 is 0 Å². The van der Waals surface area contributed by atoms with E-state index in [4.69, 9.17) is 9.72 Å². The molecule has 1 fully saturated rings. The van der Waals surface area contributed by atoms with Crippen molar-refractivity contribution in [3.8, 4) is 11.1 Å². The molecule has 0 atom stereocenters. The van der Waals surface area contributed by atoms with Gasteiger partial charge in [0.1, 0.15) is 17.3 Å². The molecule has 0 spiro atoms. The third kappa shape index (κ3) is 2.26. The lowest BCUT2D eigenvalue weighted by Crippen LogP contribution is -2.38. The largest absolute Gasteiger partial charge is 0.377 e. The van der Waals surface area contributed by atoms with E-state index >= 15 is 0 Å². The molecule has 22 heavy (non-hydrogen) atoms. The van der Waals surface area contributed by atoms with Crippen LogP contribution in [0.4, 0.5) is 5.82 Å². The fraction of sp³-hybridized carbons (Fsp3) is 0.294. The van der Waals surface area contributed by atoms with Gasteiger partial charge in [0.25, 0.3) is 0 Å². The van der Waals surface area contributed by atoms with Gasteiger partial charge in [-0.3, -0.25) is 0 Å². The van der Waals surface area contributed by atoms with Gasteiger partial charge in [0, 0.05) is 31.1 Å². The number of nitrogens with zero attached hydrogens (tertiary/aromatic N) is 3. The minimum absolute atomic E-state index is 0.454. The van der Waals surface area contributed by atoms with Gasteiger partial charge in [0.15, 0.2) is 5.82 Å². The molecule has 2 aromatic heterocycles. The molecule has 4 nitrogen and oxygen atoms in total. The summed E-state index contributed by atoms with van der Waals surface area (Å²) in [6.07, 6.45) is 1.23. The molecular weight excluding hydrogens is 294 g/mol. The standard InChI is InChI=1S/C17H17N3OS/c1-21-10-14-18-16(20-8-5-9-20)15-13(11-22-17(15)19-14)12-6-3-2-4-7-12/h2-4,6-7,11H,5,8-10H2,1H3. The van der Waals surface area contributed by atoms with Crippen molar-refractivity contribution in [2.24, 2.45) is 0 Å². The number of ether oxygens (including phenoxy) is 1. The number of hydrogen-bond acceptors (Lipinski definition) is 5. The first-order chi connectivity index (χ1) is 10.9. The summed E-state index contributed by atoms with van der Waals surface area (Å²) in [5.74, 6) is 1.82. The van der Waals surface area contributed by atoms with Gasteiger partial charge in [-0.1, -0.05) is 30.3 Å². The van der Waals surface area contributed by atoms with Crippen molar-refractivity contribution >= 4 is 27.4 Å². The Morgan fingerprint density at radius 2 is 2.00 bits per heavy atom. The van der Waals surface area contributed by atoms with Crippen LogP contribution in [-0.2, 0) is 11.3 Å². The van der Waals surface area contributed by atoms with Crippen molar-refractivity contribution < 1.29 is 4.74 Å². The maximum absolute atomic E-state index is 5.22. The fourth-order valence-corrected chi connectivity index (χ4v) is 3.71. The molecular formula is C17H17N3OS. The number of aromatic nitrogens is 2. The second-order valence-corrected chi connectivity index (χ2v) is 6.29. The zero-order valence-corrected chi connectivity index (χ0v) is 13.3. The van der Waals surface area contributed by atoms with Crippen LogP contribution in [0.25, 0.3) is 21.3 Å². The number of fused-ring (bicyclic) bond motifs is 1. The number of methoxy groups -OCH3 is 1. The molecule has 3 aromatic rings. The van der Waals surface area contributed by atoms with Crippen LogP contribution in [0.5, 0.6) is 0 Å². The fourth-order valence-electron chi connectivity index (χ4n) is 2.75.